The Labute approximate surface area is 108 Å². The van der Waals surface area contributed by atoms with Crippen molar-refractivity contribution in [1.29, 1.82) is 0 Å². The van der Waals surface area contributed by atoms with Gasteiger partial charge in [-0.15, -0.1) is 11.3 Å². The van der Waals surface area contributed by atoms with Crippen LogP contribution in [0.25, 0.3) is 0 Å². The van der Waals surface area contributed by atoms with Crippen molar-refractivity contribution in [2.45, 2.75) is 25.8 Å². The van der Waals surface area contributed by atoms with Crippen LogP contribution in [0.5, 0.6) is 0 Å². The Hall–Kier alpha value is -1.21. The molecule has 0 aromatic carbocycles. The molecule has 5 nitrogen and oxygen atoms in total. The average Bonchev–Trinajstić information content (AvgIpc) is 2.74. The number of carbonyl (C=O) groups is 2. The number of hydrogen-bond acceptors (Lipinski definition) is 4. The first-order valence-electron chi connectivity index (χ1n) is 5.29. The Bertz CT molecular complexity index is 506. The van der Waals surface area contributed by atoms with Crippen LogP contribution in [0.1, 0.15) is 17.0 Å². The van der Waals surface area contributed by atoms with Gasteiger partial charge in [0.2, 0.25) is 11.8 Å². The summed E-state index contributed by atoms with van der Waals surface area (Å²) in [6.07, 6.45) is 0.682. The number of rotatable bonds is 3. The number of thiazole rings is 1. The third kappa shape index (κ3) is 3.13. The van der Waals surface area contributed by atoms with E-state index in [9.17, 15) is 9.59 Å². The lowest BCUT2D eigenvalue weighted by atomic mass is 10.2. The summed E-state index contributed by atoms with van der Waals surface area (Å²) < 4.78 is 0.683. The van der Waals surface area contributed by atoms with Gasteiger partial charge in [-0.05, 0) is 19.1 Å². The summed E-state index contributed by atoms with van der Waals surface area (Å²) >= 11 is 6.43. The van der Waals surface area contributed by atoms with Gasteiger partial charge in [0.25, 0.3) is 0 Å². The molecule has 7 heteroatoms. The Kier molecular flexibility index (Phi) is 3.58. The second kappa shape index (κ2) is 4.97. The van der Waals surface area contributed by atoms with Crippen LogP contribution in [0.15, 0.2) is 0 Å². The third-order valence-corrected chi connectivity index (χ3v) is 3.92. The van der Waals surface area contributed by atoms with Crippen molar-refractivity contribution < 1.29 is 9.59 Å². The minimum atomic E-state index is -0.0813. The smallest absolute Gasteiger partial charge is 0.225 e. The first kappa shape index (κ1) is 12.3. The molecule has 2 rings (SSSR count). The molecule has 1 aromatic heterocycles. The van der Waals surface area contributed by atoms with Crippen molar-refractivity contribution in [2.75, 3.05) is 6.54 Å². The van der Waals surface area contributed by atoms with Crippen LogP contribution in [0.3, 0.4) is 0 Å². The molecule has 1 saturated heterocycles. The summed E-state index contributed by atoms with van der Waals surface area (Å²) in [6.45, 7) is 2.42. The average molecular weight is 271 g/mol. The van der Waals surface area contributed by atoms with E-state index in [1.165, 1.54) is 11.3 Å². The fourth-order valence-electron chi connectivity index (χ4n) is 1.74. The van der Waals surface area contributed by atoms with Gasteiger partial charge >= 0.3 is 0 Å². The molecular formula is C10H13N3O2S2. The fraction of sp³-hybridized carbons (Fsp3) is 0.500. The van der Waals surface area contributed by atoms with Crippen LogP contribution >= 0.6 is 23.6 Å². The van der Waals surface area contributed by atoms with E-state index < -0.39 is 0 Å². The maximum Gasteiger partial charge on any atom is 0.225 e. The lowest BCUT2D eigenvalue weighted by Crippen LogP contribution is -2.37. The van der Waals surface area contributed by atoms with Gasteiger partial charge in [-0.25, -0.2) is 0 Å². The molecule has 0 saturated carbocycles. The molecule has 0 bridgehead atoms. The molecule has 92 valence electrons. The van der Waals surface area contributed by atoms with Gasteiger partial charge in [0.15, 0.2) is 3.95 Å². The summed E-state index contributed by atoms with van der Waals surface area (Å²) in [5.41, 5.74) is 0.941. The molecule has 0 spiro atoms. The second-order valence-electron chi connectivity index (χ2n) is 4.01. The first-order chi connectivity index (χ1) is 8.04. The SMILES string of the molecule is Cc1[nH]c(=S)sc1CC(=O)NC1CNC(=O)C1. The lowest BCUT2D eigenvalue weighted by molar-refractivity contribution is -0.121. The molecule has 1 aliphatic rings. The molecule has 1 atom stereocenters. The van der Waals surface area contributed by atoms with Crippen LogP contribution in [0.4, 0.5) is 0 Å². The number of amides is 2. The topological polar surface area (TPSA) is 74.0 Å². The predicted molar refractivity (Wildman–Crippen MR) is 67.5 cm³/mol. The lowest BCUT2D eigenvalue weighted by Gasteiger charge is -2.09. The van der Waals surface area contributed by atoms with E-state index in [2.05, 4.69) is 15.6 Å². The summed E-state index contributed by atoms with van der Waals surface area (Å²) in [7, 11) is 0. The largest absolute Gasteiger partial charge is 0.354 e. The van der Waals surface area contributed by atoms with E-state index in [0.29, 0.717) is 23.3 Å². The molecule has 3 N–H and O–H groups in total. The number of aromatic amines is 1. The molecule has 1 fully saturated rings. The van der Waals surface area contributed by atoms with E-state index in [0.717, 1.165) is 10.6 Å². The predicted octanol–water partition coefficient (Wildman–Crippen LogP) is 0.661. The zero-order valence-electron chi connectivity index (χ0n) is 9.33. The van der Waals surface area contributed by atoms with Crippen molar-refractivity contribution >= 4 is 35.4 Å². The van der Waals surface area contributed by atoms with E-state index >= 15 is 0 Å². The van der Waals surface area contributed by atoms with Crippen LogP contribution in [-0.4, -0.2) is 29.4 Å². The second-order valence-corrected chi connectivity index (χ2v) is 5.78. The van der Waals surface area contributed by atoms with Crippen molar-refractivity contribution in [3.05, 3.63) is 14.5 Å². The highest BCUT2D eigenvalue weighted by Crippen LogP contribution is 2.15. The highest BCUT2D eigenvalue weighted by Gasteiger charge is 2.23. The van der Waals surface area contributed by atoms with Crippen LogP contribution < -0.4 is 10.6 Å². The van der Waals surface area contributed by atoms with E-state index in [1.807, 2.05) is 6.92 Å². The van der Waals surface area contributed by atoms with E-state index in [-0.39, 0.29) is 17.9 Å². The molecule has 0 radical (unpaired) electrons. The zero-order chi connectivity index (χ0) is 12.4. The minimum absolute atomic E-state index is 0.0104. The summed E-state index contributed by atoms with van der Waals surface area (Å²) in [5, 5.41) is 5.51. The number of aryl methyl sites for hydroxylation is 1. The third-order valence-electron chi connectivity index (χ3n) is 2.59. The molecule has 1 aliphatic heterocycles. The van der Waals surface area contributed by atoms with Gasteiger partial charge in [0, 0.05) is 23.5 Å². The summed E-state index contributed by atoms with van der Waals surface area (Å²) in [6, 6.07) is -0.0813. The summed E-state index contributed by atoms with van der Waals surface area (Å²) in [4.78, 5) is 26.7. The highest BCUT2D eigenvalue weighted by molar-refractivity contribution is 7.73. The highest BCUT2D eigenvalue weighted by atomic mass is 32.1. The molecule has 2 amide bonds. The maximum atomic E-state index is 11.7. The van der Waals surface area contributed by atoms with Gasteiger partial charge in [0.05, 0.1) is 12.5 Å². The Morgan fingerprint density at radius 1 is 1.65 bits per heavy atom. The van der Waals surface area contributed by atoms with Gasteiger partial charge in [-0.1, -0.05) is 0 Å². The molecule has 1 unspecified atom stereocenters. The molecular weight excluding hydrogens is 258 g/mol. The zero-order valence-corrected chi connectivity index (χ0v) is 11.0. The standard InChI is InChI=1S/C10H13N3O2S2/c1-5-7(17-10(16)12-5)3-9(15)13-6-2-8(14)11-4-6/h6H,2-4H2,1H3,(H,11,14)(H,12,16)(H,13,15). The minimum Gasteiger partial charge on any atom is -0.354 e. The number of hydrogen-bond donors (Lipinski definition) is 3. The number of nitrogens with one attached hydrogen (secondary N) is 3. The number of H-pyrrole nitrogens is 1. The molecule has 17 heavy (non-hydrogen) atoms. The normalized spacial score (nSPS) is 19.1. The Morgan fingerprint density at radius 3 is 2.94 bits per heavy atom. The fourth-order valence-corrected chi connectivity index (χ4v) is 3.03. The number of aromatic nitrogens is 1. The molecule has 1 aromatic rings. The first-order valence-corrected chi connectivity index (χ1v) is 6.51. The van der Waals surface area contributed by atoms with Crippen LogP contribution in [0.2, 0.25) is 0 Å². The van der Waals surface area contributed by atoms with Gasteiger partial charge in [-0.3, -0.25) is 9.59 Å². The Morgan fingerprint density at radius 2 is 2.41 bits per heavy atom. The van der Waals surface area contributed by atoms with E-state index in [4.69, 9.17) is 12.2 Å². The maximum absolute atomic E-state index is 11.7. The molecule has 2 heterocycles. The quantitative estimate of drug-likeness (QED) is 0.707. The molecule has 0 aliphatic carbocycles. The van der Waals surface area contributed by atoms with Gasteiger partial charge in [-0.2, -0.15) is 0 Å². The summed E-state index contributed by atoms with van der Waals surface area (Å²) in [5.74, 6) is -0.0800. The number of carbonyl (C=O) groups excluding carboxylic acids is 2. The van der Waals surface area contributed by atoms with Crippen molar-refractivity contribution in [1.82, 2.24) is 15.6 Å². The van der Waals surface area contributed by atoms with Crippen molar-refractivity contribution in [3.8, 4) is 0 Å². The van der Waals surface area contributed by atoms with Crippen LogP contribution in [-0.2, 0) is 16.0 Å². The van der Waals surface area contributed by atoms with Crippen molar-refractivity contribution in [3.63, 3.8) is 0 Å². The van der Waals surface area contributed by atoms with Crippen LogP contribution in [0, 0.1) is 10.9 Å². The van der Waals surface area contributed by atoms with Gasteiger partial charge < -0.3 is 15.6 Å². The Balaban J connectivity index is 1.91. The monoisotopic (exact) mass is 271 g/mol. The van der Waals surface area contributed by atoms with Crippen molar-refractivity contribution in [2.24, 2.45) is 0 Å². The van der Waals surface area contributed by atoms with E-state index in [1.54, 1.807) is 0 Å². The van der Waals surface area contributed by atoms with Gasteiger partial charge in [0.1, 0.15) is 0 Å².